The molecule has 2 atom stereocenters. The largest absolute Gasteiger partial charge is 2.00 e. The number of nitrogens with zero attached hydrogens (tertiary/aromatic N) is 3. The topological polar surface area (TPSA) is 39.4 Å². The minimum absolute atomic E-state index is 0. The maximum atomic E-state index is 6.37. The van der Waals surface area contributed by atoms with Crippen LogP contribution in [0.5, 0.6) is 0 Å². The van der Waals surface area contributed by atoms with Crippen LogP contribution in [-0.4, -0.2) is 21.6 Å². The van der Waals surface area contributed by atoms with Gasteiger partial charge in [-0.1, -0.05) is 65.5 Å². The first-order valence-corrected chi connectivity index (χ1v) is 12.6. The molecule has 2 aromatic heterocycles. The average molecular weight is 671 g/mol. The van der Waals surface area contributed by atoms with Crippen LogP contribution in [0.15, 0.2) is 108 Å². The van der Waals surface area contributed by atoms with Gasteiger partial charge in [0.25, 0.3) is 0 Å². The third-order valence-corrected chi connectivity index (χ3v) is 7.44. The number of pyridine rings is 1. The molecule has 184 valence electrons. The van der Waals surface area contributed by atoms with Crippen LogP contribution in [0.3, 0.4) is 0 Å². The van der Waals surface area contributed by atoms with E-state index in [9.17, 15) is 0 Å². The van der Waals surface area contributed by atoms with Crippen molar-refractivity contribution >= 4 is 27.7 Å². The Balaban J connectivity index is 0.00000242. The van der Waals surface area contributed by atoms with Crippen LogP contribution >= 0.6 is 0 Å². The van der Waals surface area contributed by atoms with E-state index in [1.165, 1.54) is 16.5 Å². The third kappa shape index (κ3) is 3.55. The van der Waals surface area contributed by atoms with E-state index in [-0.39, 0.29) is 33.2 Å². The minimum atomic E-state index is 0. The second-order valence-corrected chi connectivity index (χ2v) is 9.59. The average Bonchev–Trinajstić information content (AvgIpc) is 3.63. The van der Waals surface area contributed by atoms with Gasteiger partial charge in [-0.05, 0) is 45.5 Å². The molecule has 1 aliphatic heterocycles. The Hall–Kier alpha value is -4.01. The predicted octanol–water partition coefficient (Wildman–Crippen LogP) is 6.89. The van der Waals surface area contributed by atoms with Crippen LogP contribution in [-0.2, 0) is 32.2 Å². The summed E-state index contributed by atoms with van der Waals surface area (Å²) in [4.78, 5) is 9.54. The number of aromatic nitrogens is 2. The molecule has 6 aromatic rings. The molecule has 0 bridgehead atoms. The molecule has 0 fully saturated rings. The van der Waals surface area contributed by atoms with Crippen molar-refractivity contribution in [3.05, 3.63) is 132 Å². The van der Waals surface area contributed by atoms with Crippen molar-refractivity contribution in [3.63, 3.8) is 0 Å². The number of hydrogen-bond acceptors (Lipinski definition) is 3. The second-order valence-electron chi connectivity index (χ2n) is 9.59. The number of aliphatic imine (C=N–C) groups is 1. The van der Waals surface area contributed by atoms with Crippen molar-refractivity contribution in [2.45, 2.75) is 18.6 Å². The normalized spacial score (nSPS) is 17.5. The Kier molecular flexibility index (Phi) is 5.52. The van der Waals surface area contributed by atoms with Crippen LogP contribution in [0.1, 0.15) is 22.7 Å². The molecule has 38 heavy (non-hydrogen) atoms. The van der Waals surface area contributed by atoms with Crippen LogP contribution in [0, 0.1) is 12.1 Å². The SMILES string of the molecule is [Pt+2].[c-]1c(C2=N[C@H]3c4ccccc4C[C@H]3O2)cccc1-n1c2[c-]c(-c3ccccn3)ccc2c2ccccc21. The summed E-state index contributed by atoms with van der Waals surface area (Å²) >= 11 is 0. The summed E-state index contributed by atoms with van der Waals surface area (Å²) in [5.74, 6) is 0.672. The molecule has 2 aliphatic rings. The van der Waals surface area contributed by atoms with Gasteiger partial charge < -0.3 is 14.3 Å². The van der Waals surface area contributed by atoms with Crippen molar-refractivity contribution in [3.8, 4) is 16.9 Å². The first-order valence-electron chi connectivity index (χ1n) is 12.6. The fourth-order valence-corrected chi connectivity index (χ4v) is 5.76. The molecule has 0 N–H and O–H groups in total. The van der Waals surface area contributed by atoms with Gasteiger partial charge >= 0.3 is 21.1 Å². The van der Waals surface area contributed by atoms with Gasteiger partial charge in [-0.25, -0.2) is 0 Å². The van der Waals surface area contributed by atoms with Gasteiger partial charge in [-0.3, -0.25) is 4.99 Å². The van der Waals surface area contributed by atoms with E-state index < -0.39 is 0 Å². The Bertz CT molecular complexity index is 1860. The van der Waals surface area contributed by atoms with E-state index in [1.54, 1.807) is 0 Å². The fraction of sp³-hybridized carbons (Fsp3) is 0.0909. The van der Waals surface area contributed by atoms with E-state index in [4.69, 9.17) is 9.73 Å². The van der Waals surface area contributed by atoms with E-state index in [1.807, 2.05) is 30.5 Å². The molecule has 5 heteroatoms. The number of benzene rings is 4. The van der Waals surface area contributed by atoms with Crippen molar-refractivity contribution in [2.75, 3.05) is 0 Å². The molecule has 0 saturated carbocycles. The van der Waals surface area contributed by atoms with E-state index in [2.05, 4.69) is 94.5 Å². The number of hydrogen-bond donors (Lipinski definition) is 0. The maximum Gasteiger partial charge on any atom is 2.00 e. The minimum Gasteiger partial charge on any atom is -0.514 e. The summed E-state index contributed by atoms with van der Waals surface area (Å²) in [6, 6.07) is 40.7. The maximum absolute atomic E-state index is 6.37. The first-order chi connectivity index (χ1) is 18.3. The number of ether oxygens (including phenoxy) is 1. The standard InChI is InChI=1S/C33H21N3O.Pt/c1-2-11-25-21(8-1)20-31-32(25)35-33(37-31)23-9-7-10-24(18-23)36-29-14-4-3-12-26(29)27-16-15-22(19-30(27)36)28-13-5-6-17-34-28;/h1-17,31-32H,20H2;/q-2;+2/t31-,32+;/m1./s1. The van der Waals surface area contributed by atoms with Crippen LogP contribution < -0.4 is 0 Å². The number of fused-ring (bicyclic) bond motifs is 6. The molecule has 0 amide bonds. The summed E-state index contributed by atoms with van der Waals surface area (Å²) in [7, 11) is 0. The van der Waals surface area contributed by atoms with Crippen LogP contribution in [0.4, 0.5) is 0 Å². The van der Waals surface area contributed by atoms with Gasteiger partial charge in [-0.15, -0.1) is 48.0 Å². The monoisotopic (exact) mass is 670 g/mol. The number of para-hydroxylation sites is 1. The molecular weight excluding hydrogens is 649 g/mol. The molecule has 3 heterocycles. The molecule has 4 aromatic carbocycles. The summed E-state index contributed by atoms with van der Waals surface area (Å²) in [5.41, 5.74) is 8.39. The molecule has 8 rings (SSSR count). The fourth-order valence-electron chi connectivity index (χ4n) is 5.76. The summed E-state index contributed by atoms with van der Waals surface area (Å²) < 4.78 is 8.60. The zero-order valence-corrected chi connectivity index (χ0v) is 22.5. The first kappa shape index (κ1) is 23.1. The van der Waals surface area contributed by atoms with Crippen molar-refractivity contribution in [2.24, 2.45) is 4.99 Å². The van der Waals surface area contributed by atoms with E-state index in [0.29, 0.717) is 5.90 Å². The number of rotatable bonds is 3. The van der Waals surface area contributed by atoms with Gasteiger partial charge in [0, 0.05) is 18.1 Å². The van der Waals surface area contributed by atoms with Gasteiger partial charge in [0.15, 0.2) is 0 Å². The predicted molar refractivity (Wildman–Crippen MR) is 146 cm³/mol. The van der Waals surface area contributed by atoms with Crippen molar-refractivity contribution in [1.82, 2.24) is 9.55 Å². The van der Waals surface area contributed by atoms with Crippen LogP contribution in [0.2, 0.25) is 0 Å². The molecule has 0 spiro atoms. The van der Waals surface area contributed by atoms with Crippen molar-refractivity contribution < 1.29 is 25.8 Å². The summed E-state index contributed by atoms with van der Waals surface area (Å²) in [6.07, 6.45) is 2.77. The quantitative estimate of drug-likeness (QED) is 0.193. The van der Waals surface area contributed by atoms with E-state index in [0.717, 1.165) is 45.3 Å². The molecule has 0 saturated heterocycles. The van der Waals surface area contributed by atoms with Gasteiger partial charge in [0.05, 0.1) is 0 Å². The zero-order chi connectivity index (χ0) is 24.3. The smallest absolute Gasteiger partial charge is 0.514 e. The molecule has 4 nitrogen and oxygen atoms in total. The summed E-state index contributed by atoms with van der Waals surface area (Å²) in [5, 5.41) is 2.33. The van der Waals surface area contributed by atoms with E-state index >= 15 is 0 Å². The third-order valence-electron chi connectivity index (χ3n) is 7.44. The zero-order valence-electron chi connectivity index (χ0n) is 20.2. The van der Waals surface area contributed by atoms with Gasteiger partial charge in [0.2, 0.25) is 0 Å². The van der Waals surface area contributed by atoms with Gasteiger partial charge in [0.1, 0.15) is 18.0 Å². The van der Waals surface area contributed by atoms with Gasteiger partial charge in [-0.2, -0.15) is 0 Å². The molecule has 0 unspecified atom stereocenters. The second kappa shape index (κ2) is 9.08. The van der Waals surface area contributed by atoms with Crippen molar-refractivity contribution in [1.29, 1.82) is 0 Å². The molecule has 0 radical (unpaired) electrons. The Morgan fingerprint density at radius 2 is 1.63 bits per heavy atom. The Labute approximate surface area is 234 Å². The summed E-state index contributed by atoms with van der Waals surface area (Å²) in [6.45, 7) is 0. The van der Waals surface area contributed by atoms with Crippen LogP contribution in [0.25, 0.3) is 38.8 Å². The Morgan fingerprint density at radius 3 is 2.55 bits per heavy atom. The Morgan fingerprint density at radius 1 is 0.763 bits per heavy atom. The molecular formula is C33H21N3OPt. The molecule has 1 aliphatic carbocycles.